The lowest BCUT2D eigenvalue weighted by molar-refractivity contribution is -0.120. The summed E-state index contributed by atoms with van der Waals surface area (Å²) in [6.07, 6.45) is 0.0269. The van der Waals surface area contributed by atoms with Crippen LogP contribution in [0.25, 0.3) is 0 Å². The van der Waals surface area contributed by atoms with E-state index in [1.165, 1.54) is 6.07 Å². The molecule has 1 heterocycles. The van der Waals surface area contributed by atoms with Crippen molar-refractivity contribution in [3.63, 3.8) is 0 Å². The van der Waals surface area contributed by atoms with Gasteiger partial charge in [-0.15, -0.1) is 0 Å². The van der Waals surface area contributed by atoms with Gasteiger partial charge in [-0.05, 0) is 30.7 Å². The van der Waals surface area contributed by atoms with Gasteiger partial charge in [0.05, 0.1) is 18.7 Å². The molecular weight excluding hydrogens is 318 g/mol. The first-order valence-corrected chi connectivity index (χ1v) is 6.80. The van der Waals surface area contributed by atoms with E-state index in [1.807, 2.05) is 0 Å². The maximum absolute atomic E-state index is 13.3. The number of hydrogen-bond acceptors (Lipinski definition) is 4. The van der Waals surface area contributed by atoms with Gasteiger partial charge in [0.2, 0.25) is 11.1 Å². The fourth-order valence-electron chi connectivity index (χ4n) is 1.73. The van der Waals surface area contributed by atoms with E-state index in [4.69, 9.17) is 20.9 Å². The molecule has 1 aromatic heterocycles. The molecule has 0 spiro atoms. The number of halogens is 3. The third-order valence-corrected chi connectivity index (χ3v) is 3.15. The van der Waals surface area contributed by atoms with Gasteiger partial charge in [0.1, 0.15) is 12.4 Å². The number of benzene rings is 1. The number of ether oxygens (including phenoxy) is 1. The SMILES string of the molecule is Cc1noc(Cl)c1CC(=O)NCCOc1ccc(F)cc1F. The fraction of sp³-hybridized carbons (Fsp3) is 0.286. The van der Waals surface area contributed by atoms with Crippen LogP contribution in [0.3, 0.4) is 0 Å². The van der Waals surface area contributed by atoms with Crippen LogP contribution in [0.1, 0.15) is 11.3 Å². The lowest BCUT2D eigenvalue weighted by atomic mass is 10.2. The molecule has 1 amide bonds. The van der Waals surface area contributed by atoms with Crippen LogP contribution in [0, 0.1) is 18.6 Å². The maximum atomic E-state index is 13.3. The van der Waals surface area contributed by atoms with Crippen LogP contribution in [-0.2, 0) is 11.2 Å². The zero-order valence-corrected chi connectivity index (χ0v) is 12.4. The van der Waals surface area contributed by atoms with Crippen molar-refractivity contribution in [2.75, 3.05) is 13.2 Å². The lowest BCUT2D eigenvalue weighted by Crippen LogP contribution is -2.29. The Kier molecular flexibility index (Phi) is 5.32. The van der Waals surface area contributed by atoms with Crippen LogP contribution in [0.5, 0.6) is 5.75 Å². The maximum Gasteiger partial charge on any atom is 0.229 e. The van der Waals surface area contributed by atoms with Crippen molar-refractivity contribution in [2.24, 2.45) is 0 Å². The van der Waals surface area contributed by atoms with Gasteiger partial charge in [-0.1, -0.05) is 5.16 Å². The van der Waals surface area contributed by atoms with Crippen LogP contribution < -0.4 is 10.1 Å². The fourth-order valence-corrected chi connectivity index (χ4v) is 1.96. The minimum atomic E-state index is -0.793. The topological polar surface area (TPSA) is 64.4 Å². The number of amides is 1. The molecule has 1 N–H and O–H groups in total. The molecule has 0 unspecified atom stereocenters. The van der Waals surface area contributed by atoms with Crippen molar-refractivity contribution in [2.45, 2.75) is 13.3 Å². The number of aromatic nitrogens is 1. The molecule has 5 nitrogen and oxygen atoms in total. The quantitative estimate of drug-likeness (QED) is 0.827. The lowest BCUT2D eigenvalue weighted by Gasteiger charge is -2.08. The summed E-state index contributed by atoms with van der Waals surface area (Å²) < 4.78 is 35.9. The molecule has 2 aromatic rings. The molecule has 0 radical (unpaired) electrons. The second kappa shape index (κ2) is 7.22. The van der Waals surface area contributed by atoms with Crippen LogP contribution in [0.2, 0.25) is 5.22 Å². The molecule has 8 heteroatoms. The van der Waals surface area contributed by atoms with Crippen molar-refractivity contribution in [1.82, 2.24) is 10.5 Å². The predicted molar refractivity (Wildman–Crippen MR) is 74.8 cm³/mol. The molecule has 118 valence electrons. The van der Waals surface area contributed by atoms with Crippen LogP contribution in [0.4, 0.5) is 8.78 Å². The molecule has 0 aliphatic carbocycles. The van der Waals surface area contributed by atoms with Gasteiger partial charge in [0.25, 0.3) is 0 Å². The summed E-state index contributed by atoms with van der Waals surface area (Å²) in [6.45, 7) is 1.89. The number of rotatable bonds is 6. The molecular formula is C14H13ClF2N2O3. The normalized spacial score (nSPS) is 10.5. The van der Waals surface area contributed by atoms with Crippen molar-refractivity contribution in [3.8, 4) is 5.75 Å². The number of hydrogen-bond donors (Lipinski definition) is 1. The summed E-state index contributed by atoms with van der Waals surface area (Å²) in [5.41, 5.74) is 1.06. The van der Waals surface area contributed by atoms with E-state index >= 15 is 0 Å². The molecule has 1 aromatic carbocycles. The Morgan fingerprint density at radius 3 is 2.86 bits per heavy atom. The third kappa shape index (κ3) is 4.17. The van der Waals surface area contributed by atoms with Gasteiger partial charge in [0.15, 0.2) is 11.6 Å². The minimum Gasteiger partial charge on any atom is -0.489 e. The molecule has 0 saturated heterocycles. The van der Waals surface area contributed by atoms with Crippen molar-refractivity contribution in [1.29, 1.82) is 0 Å². The molecule has 0 fully saturated rings. The van der Waals surface area contributed by atoms with Crippen molar-refractivity contribution >= 4 is 17.5 Å². The molecule has 0 atom stereocenters. The highest BCUT2D eigenvalue weighted by molar-refractivity contribution is 6.29. The zero-order valence-electron chi connectivity index (χ0n) is 11.7. The van der Waals surface area contributed by atoms with E-state index in [9.17, 15) is 13.6 Å². The third-order valence-electron chi connectivity index (χ3n) is 2.85. The monoisotopic (exact) mass is 330 g/mol. The van der Waals surface area contributed by atoms with E-state index in [2.05, 4.69) is 10.5 Å². The Morgan fingerprint density at radius 2 is 2.23 bits per heavy atom. The van der Waals surface area contributed by atoms with E-state index < -0.39 is 11.6 Å². The summed E-state index contributed by atoms with van der Waals surface area (Å²) >= 11 is 5.75. The average molecular weight is 331 g/mol. The Morgan fingerprint density at radius 1 is 1.45 bits per heavy atom. The van der Waals surface area contributed by atoms with Gasteiger partial charge in [0, 0.05) is 11.6 Å². The minimum absolute atomic E-state index is 0.0269. The second-order valence-electron chi connectivity index (χ2n) is 4.47. The Balaban J connectivity index is 1.75. The molecule has 2 rings (SSSR count). The summed E-state index contributed by atoms with van der Waals surface area (Å²) in [7, 11) is 0. The van der Waals surface area contributed by atoms with Gasteiger partial charge in [-0.25, -0.2) is 8.78 Å². The Hall–Kier alpha value is -2.15. The first kappa shape index (κ1) is 16.2. The van der Waals surface area contributed by atoms with Crippen molar-refractivity contribution < 1.29 is 22.8 Å². The van der Waals surface area contributed by atoms with Crippen LogP contribution >= 0.6 is 11.6 Å². The molecule has 0 bridgehead atoms. The predicted octanol–water partition coefficient (Wildman–Crippen LogP) is 2.65. The summed E-state index contributed by atoms with van der Waals surface area (Å²) in [5, 5.41) is 6.31. The molecule has 0 saturated carbocycles. The second-order valence-corrected chi connectivity index (χ2v) is 4.81. The zero-order chi connectivity index (χ0) is 16.1. The van der Waals surface area contributed by atoms with E-state index in [1.54, 1.807) is 6.92 Å². The van der Waals surface area contributed by atoms with E-state index in [0.717, 1.165) is 12.1 Å². The number of carbonyl (C=O) groups excluding carboxylic acids is 1. The smallest absolute Gasteiger partial charge is 0.229 e. The van der Waals surface area contributed by atoms with Gasteiger partial charge < -0.3 is 14.6 Å². The van der Waals surface area contributed by atoms with Gasteiger partial charge in [-0.2, -0.15) is 0 Å². The first-order chi connectivity index (χ1) is 10.5. The number of carbonyl (C=O) groups is 1. The highest BCUT2D eigenvalue weighted by Gasteiger charge is 2.14. The van der Waals surface area contributed by atoms with Gasteiger partial charge in [-0.3, -0.25) is 4.79 Å². The Bertz CT molecular complexity index is 657. The van der Waals surface area contributed by atoms with E-state index in [0.29, 0.717) is 11.3 Å². The first-order valence-electron chi connectivity index (χ1n) is 6.42. The molecule has 0 aliphatic heterocycles. The standard InChI is InChI=1S/C14H13ClF2N2O3/c1-8-10(14(15)22-19-8)7-13(20)18-4-5-21-12-3-2-9(16)6-11(12)17/h2-3,6H,4-5,7H2,1H3,(H,18,20). The number of nitrogens with one attached hydrogen (secondary N) is 1. The van der Waals surface area contributed by atoms with Crippen molar-refractivity contribution in [3.05, 3.63) is 46.3 Å². The van der Waals surface area contributed by atoms with Crippen LogP contribution in [0.15, 0.2) is 22.7 Å². The highest BCUT2D eigenvalue weighted by atomic mass is 35.5. The summed E-state index contributed by atoms with van der Waals surface area (Å²) in [6, 6.07) is 3.00. The summed E-state index contributed by atoms with van der Waals surface area (Å²) in [5.74, 6) is -1.85. The highest BCUT2D eigenvalue weighted by Crippen LogP contribution is 2.19. The average Bonchev–Trinajstić information content (AvgIpc) is 2.77. The number of aryl methyl sites for hydroxylation is 1. The van der Waals surface area contributed by atoms with E-state index in [-0.39, 0.29) is 36.4 Å². The largest absolute Gasteiger partial charge is 0.489 e. The van der Waals surface area contributed by atoms with Crippen LogP contribution in [-0.4, -0.2) is 24.2 Å². The molecule has 0 aliphatic rings. The Labute approximate surface area is 130 Å². The molecule has 22 heavy (non-hydrogen) atoms. The van der Waals surface area contributed by atoms with Gasteiger partial charge >= 0.3 is 0 Å². The number of nitrogens with zero attached hydrogens (tertiary/aromatic N) is 1. The summed E-state index contributed by atoms with van der Waals surface area (Å²) in [4.78, 5) is 11.7.